The normalized spacial score (nSPS) is 10.5. The van der Waals surface area contributed by atoms with Crippen LogP contribution in [0.2, 0.25) is 0 Å². The fraction of sp³-hybridized carbons (Fsp3) is 0. The third-order valence-electron chi connectivity index (χ3n) is 1.93. The van der Waals surface area contributed by atoms with Gasteiger partial charge in [-0.2, -0.15) is 0 Å². The summed E-state index contributed by atoms with van der Waals surface area (Å²) >= 11 is 0. The molecule has 1 aromatic heterocycles. The molecule has 1 aromatic carbocycles. The number of aromatic nitrogens is 1. The van der Waals surface area contributed by atoms with E-state index in [1.165, 1.54) is 6.20 Å². The summed E-state index contributed by atoms with van der Waals surface area (Å²) < 4.78 is 0. The van der Waals surface area contributed by atoms with Crippen LogP contribution in [0.1, 0.15) is 0 Å². The van der Waals surface area contributed by atoms with Gasteiger partial charge >= 0.3 is 0 Å². The number of pyridine rings is 1. The van der Waals surface area contributed by atoms with Crippen molar-refractivity contribution in [1.29, 1.82) is 0 Å². The highest BCUT2D eigenvalue weighted by Crippen LogP contribution is 2.27. The number of rotatable bonds is 0. The molecule has 1 heterocycles. The van der Waals surface area contributed by atoms with Crippen molar-refractivity contribution in [3.8, 4) is 5.75 Å². The lowest BCUT2D eigenvalue weighted by atomic mass is 10.1. The van der Waals surface area contributed by atoms with Gasteiger partial charge in [-0.1, -0.05) is 0 Å². The van der Waals surface area contributed by atoms with E-state index in [1.54, 1.807) is 18.2 Å². The first kappa shape index (κ1) is 7.67. The molecule has 0 aliphatic heterocycles. The number of aromatic hydroxyl groups is 1. The number of benzene rings is 1. The Morgan fingerprint density at radius 1 is 1.15 bits per heavy atom. The second kappa shape index (κ2) is 2.52. The summed E-state index contributed by atoms with van der Waals surface area (Å²) in [6, 6.07) is 4.83. The van der Waals surface area contributed by atoms with Crippen LogP contribution in [0.25, 0.3) is 10.8 Å². The van der Waals surface area contributed by atoms with Crippen molar-refractivity contribution in [3.05, 3.63) is 24.4 Å². The number of phenolic OH excluding ortho intramolecular Hbond substituents is 1. The monoisotopic (exact) mass is 175 g/mol. The molecule has 66 valence electrons. The van der Waals surface area contributed by atoms with E-state index in [1.807, 2.05) is 0 Å². The highest BCUT2D eigenvalue weighted by atomic mass is 16.3. The van der Waals surface area contributed by atoms with E-state index in [-0.39, 0.29) is 5.75 Å². The molecule has 0 aliphatic carbocycles. The van der Waals surface area contributed by atoms with Crippen LogP contribution in [0.15, 0.2) is 24.4 Å². The zero-order valence-electron chi connectivity index (χ0n) is 6.86. The molecular formula is C9H9N3O. The second-order valence-electron chi connectivity index (χ2n) is 2.83. The third kappa shape index (κ3) is 1.12. The highest BCUT2D eigenvalue weighted by molar-refractivity contribution is 5.99. The van der Waals surface area contributed by atoms with Crippen LogP contribution < -0.4 is 11.5 Å². The van der Waals surface area contributed by atoms with Crippen LogP contribution >= 0.6 is 0 Å². The first-order valence-corrected chi connectivity index (χ1v) is 3.81. The van der Waals surface area contributed by atoms with Crippen molar-refractivity contribution >= 4 is 22.3 Å². The standard InChI is InChI=1S/C9H9N3O/c10-8-4-12-9(11)6-2-1-5(13)3-7(6)8/h1-4,13H,10H2,(H2,11,12). The molecule has 4 nitrogen and oxygen atoms in total. The summed E-state index contributed by atoms with van der Waals surface area (Å²) in [4.78, 5) is 3.91. The number of hydrogen-bond acceptors (Lipinski definition) is 4. The van der Waals surface area contributed by atoms with E-state index < -0.39 is 0 Å². The van der Waals surface area contributed by atoms with Gasteiger partial charge in [0.15, 0.2) is 0 Å². The van der Waals surface area contributed by atoms with Crippen LogP contribution in [-0.4, -0.2) is 10.1 Å². The molecule has 0 unspecified atom stereocenters. The molecule has 0 aliphatic rings. The summed E-state index contributed by atoms with van der Waals surface area (Å²) in [6.45, 7) is 0. The Morgan fingerprint density at radius 2 is 1.92 bits per heavy atom. The van der Waals surface area contributed by atoms with Gasteiger partial charge in [-0.25, -0.2) is 4.98 Å². The van der Waals surface area contributed by atoms with Crippen molar-refractivity contribution in [2.24, 2.45) is 0 Å². The van der Waals surface area contributed by atoms with Crippen molar-refractivity contribution in [3.63, 3.8) is 0 Å². The maximum atomic E-state index is 9.23. The van der Waals surface area contributed by atoms with Crippen LogP contribution in [0, 0.1) is 0 Å². The molecule has 0 radical (unpaired) electrons. The lowest BCUT2D eigenvalue weighted by molar-refractivity contribution is 0.476. The Morgan fingerprint density at radius 3 is 2.69 bits per heavy atom. The van der Waals surface area contributed by atoms with Gasteiger partial charge in [0.2, 0.25) is 0 Å². The van der Waals surface area contributed by atoms with Crippen molar-refractivity contribution in [1.82, 2.24) is 4.98 Å². The number of anilines is 2. The minimum Gasteiger partial charge on any atom is -0.508 e. The van der Waals surface area contributed by atoms with Crippen LogP contribution in [-0.2, 0) is 0 Å². The van der Waals surface area contributed by atoms with E-state index in [0.29, 0.717) is 11.5 Å². The molecule has 0 saturated carbocycles. The zero-order chi connectivity index (χ0) is 9.42. The first-order valence-electron chi connectivity index (χ1n) is 3.81. The average molecular weight is 175 g/mol. The van der Waals surface area contributed by atoms with Gasteiger partial charge in [-0.3, -0.25) is 0 Å². The van der Waals surface area contributed by atoms with Crippen LogP contribution in [0.5, 0.6) is 5.75 Å². The summed E-state index contributed by atoms with van der Waals surface area (Å²) in [5, 5.41) is 10.7. The third-order valence-corrected chi connectivity index (χ3v) is 1.93. The lowest BCUT2D eigenvalue weighted by Crippen LogP contribution is -1.95. The minimum atomic E-state index is 0.171. The van der Waals surface area contributed by atoms with E-state index in [4.69, 9.17) is 11.5 Å². The number of hydrogen-bond donors (Lipinski definition) is 3. The van der Waals surface area contributed by atoms with Gasteiger partial charge < -0.3 is 16.6 Å². The minimum absolute atomic E-state index is 0.171. The van der Waals surface area contributed by atoms with Crippen LogP contribution in [0.3, 0.4) is 0 Å². The Balaban J connectivity index is 2.92. The highest BCUT2D eigenvalue weighted by Gasteiger charge is 2.02. The van der Waals surface area contributed by atoms with Crippen molar-refractivity contribution in [2.45, 2.75) is 0 Å². The summed E-state index contributed by atoms with van der Waals surface area (Å²) in [7, 11) is 0. The van der Waals surface area contributed by atoms with Gasteiger partial charge in [0.05, 0.1) is 11.9 Å². The molecule has 5 N–H and O–H groups in total. The number of nitrogen functional groups attached to an aromatic ring is 2. The van der Waals surface area contributed by atoms with Gasteiger partial charge in [0.25, 0.3) is 0 Å². The Hall–Kier alpha value is -1.97. The number of phenols is 1. The Bertz CT molecular complexity index is 468. The van der Waals surface area contributed by atoms with E-state index in [0.717, 1.165) is 10.8 Å². The summed E-state index contributed by atoms with van der Waals surface area (Å²) in [6.07, 6.45) is 1.48. The molecule has 0 bridgehead atoms. The molecule has 0 fully saturated rings. The van der Waals surface area contributed by atoms with Gasteiger partial charge in [-0.15, -0.1) is 0 Å². The van der Waals surface area contributed by atoms with E-state index >= 15 is 0 Å². The second-order valence-corrected chi connectivity index (χ2v) is 2.83. The zero-order valence-corrected chi connectivity index (χ0v) is 6.86. The summed E-state index contributed by atoms with van der Waals surface area (Å²) in [5.41, 5.74) is 11.8. The van der Waals surface area contributed by atoms with Gasteiger partial charge in [0.1, 0.15) is 11.6 Å². The SMILES string of the molecule is Nc1cnc(N)c2ccc(O)cc12. The molecule has 0 spiro atoms. The van der Waals surface area contributed by atoms with Crippen molar-refractivity contribution < 1.29 is 5.11 Å². The lowest BCUT2D eigenvalue weighted by Gasteiger charge is -2.04. The molecule has 0 amide bonds. The molecule has 0 atom stereocenters. The predicted molar refractivity (Wildman–Crippen MR) is 52.2 cm³/mol. The predicted octanol–water partition coefficient (Wildman–Crippen LogP) is 1.10. The number of nitrogens with zero attached hydrogens (tertiary/aromatic N) is 1. The fourth-order valence-electron chi connectivity index (χ4n) is 1.27. The quantitative estimate of drug-likeness (QED) is 0.559. The smallest absolute Gasteiger partial charge is 0.131 e. The maximum Gasteiger partial charge on any atom is 0.131 e. The van der Waals surface area contributed by atoms with E-state index in [2.05, 4.69) is 4.98 Å². The Labute approximate surface area is 74.8 Å². The topological polar surface area (TPSA) is 85.2 Å². The molecule has 2 aromatic rings. The molecule has 4 heteroatoms. The Kier molecular flexibility index (Phi) is 1.48. The van der Waals surface area contributed by atoms with Crippen molar-refractivity contribution in [2.75, 3.05) is 11.5 Å². The van der Waals surface area contributed by atoms with Crippen LogP contribution in [0.4, 0.5) is 11.5 Å². The average Bonchev–Trinajstić information content (AvgIpc) is 2.12. The van der Waals surface area contributed by atoms with Gasteiger partial charge in [0, 0.05) is 10.8 Å². The largest absolute Gasteiger partial charge is 0.508 e. The maximum absolute atomic E-state index is 9.23. The number of nitrogens with two attached hydrogens (primary N) is 2. The molecular weight excluding hydrogens is 166 g/mol. The molecule has 13 heavy (non-hydrogen) atoms. The molecule has 0 saturated heterocycles. The van der Waals surface area contributed by atoms with Gasteiger partial charge in [-0.05, 0) is 18.2 Å². The van der Waals surface area contributed by atoms with E-state index in [9.17, 15) is 5.11 Å². The fourth-order valence-corrected chi connectivity index (χ4v) is 1.27. The number of fused-ring (bicyclic) bond motifs is 1. The first-order chi connectivity index (χ1) is 6.18. The molecule has 2 rings (SSSR count). The summed E-state index contributed by atoms with van der Waals surface area (Å²) in [5.74, 6) is 0.592.